The van der Waals surface area contributed by atoms with Gasteiger partial charge in [-0.1, -0.05) is 46.3 Å². The summed E-state index contributed by atoms with van der Waals surface area (Å²) in [5.74, 6) is 0. The van der Waals surface area contributed by atoms with E-state index >= 15 is 0 Å². The second kappa shape index (κ2) is 6.55. The van der Waals surface area contributed by atoms with E-state index in [1.54, 1.807) is 0 Å². The fourth-order valence-corrected chi connectivity index (χ4v) is 1.02. The molecule has 4 heteroatoms. The monoisotopic (exact) mass is 254 g/mol. The van der Waals surface area contributed by atoms with Crippen molar-refractivity contribution in [3.8, 4) is 6.07 Å². The highest BCUT2D eigenvalue weighted by Crippen LogP contribution is 1.99. The molecule has 1 unspecified atom stereocenters. The Kier molecular flexibility index (Phi) is 5.23. The first-order chi connectivity index (χ1) is 6.83. The zero-order valence-electron chi connectivity index (χ0n) is 7.61. The Bertz CT molecular complexity index is 297. The van der Waals surface area contributed by atoms with E-state index in [9.17, 15) is 0 Å². The summed E-state index contributed by atoms with van der Waals surface area (Å²) in [6, 6.07) is 11.9. The van der Waals surface area contributed by atoms with Crippen LogP contribution in [-0.2, 0) is 11.4 Å². The lowest BCUT2D eigenvalue weighted by Crippen LogP contribution is -2.22. The van der Waals surface area contributed by atoms with Crippen molar-refractivity contribution in [2.75, 3.05) is 6.54 Å². The van der Waals surface area contributed by atoms with Crippen molar-refractivity contribution < 1.29 is 4.84 Å². The minimum Gasteiger partial charge on any atom is -0.297 e. The van der Waals surface area contributed by atoms with Gasteiger partial charge in [0.25, 0.3) is 0 Å². The normalized spacial score (nSPS) is 12.0. The maximum Gasteiger partial charge on any atom is 0.116 e. The summed E-state index contributed by atoms with van der Waals surface area (Å²) in [6.45, 7) is 0.981. The molecule has 0 aromatic heterocycles. The lowest BCUT2D eigenvalue weighted by molar-refractivity contribution is 0.0303. The molecule has 0 heterocycles. The number of alkyl halides is 1. The standard InChI is InChI=1S/C10H11BrN2O/c11-10(6-12)7-13-14-8-9-4-2-1-3-5-9/h1-5,10,13H,7-8H2. The molecule has 1 aromatic carbocycles. The van der Waals surface area contributed by atoms with Crippen molar-refractivity contribution in [3.05, 3.63) is 35.9 Å². The summed E-state index contributed by atoms with van der Waals surface area (Å²) in [7, 11) is 0. The van der Waals surface area contributed by atoms with Crippen molar-refractivity contribution in [3.63, 3.8) is 0 Å². The van der Waals surface area contributed by atoms with Gasteiger partial charge in [-0.25, -0.2) is 0 Å². The van der Waals surface area contributed by atoms with Gasteiger partial charge in [0.15, 0.2) is 0 Å². The maximum absolute atomic E-state index is 8.46. The summed E-state index contributed by atoms with van der Waals surface area (Å²) >= 11 is 3.16. The maximum atomic E-state index is 8.46. The summed E-state index contributed by atoms with van der Waals surface area (Å²) in [5.41, 5.74) is 3.82. The van der Waals surface area contributed by atoms with Gasteiger partial charge in [-0.15, -0.1) is 0 Å². The molecule has 3 nitrogen and oxygen atoms in total. The van der Waals surface area contributed by atoms with Gasteiger partial charge < -0.3 is 0 Å². The van der Waals surface area contributed by atoms with Crippen molar-refractivity contribution in [1.82, 2.24) is 5.48 Å². The van der Waals surface area contributed by atoms with Crippen LogP contribution in [0.5, 0.6) is 0 Å². The Morgan fingerprint density at radius 1 is 1.43 bits per heavy atom. The van der Waals surface area contributed by atoms with E-state index in [1.807, 2.05) is 36.4 Å². The van der Waals surface area contributed by atoms with E-state index in [4.69, 9.17) is 10.1 Å². The second-order valence-corrected chi connectivity index (χ2v) is 3.82. The van der Waals surface area contributed by atoms with Gasteiger partial charge in [0, 0.05) is 6.54 Å². The number of halogens is 1. The number of hydrogen-bond acceptors (Lipinski definition) is 3. The minimum atomic E-state index is -0.210. The van der Waals surface area contributed by atoms with Gasteiger partial charge in [0.05, 0.1) is 12.7 Å². The largest absolute Gasteiger partial charge is 0.297 e. The quantitative estimate of drug-likeness (QED) is 0.497. The van der Waals surface area contributed by atoms with Gasteiger partial charge in [0.1, 0.15) is 4.83 Å². The molecule has 0 saturated heterocycles. The molecule has 0 spiro atoms. The summed E-state index contributed by atoms with van der Waals surface area (Å²) < 4.78 is 0. The van der Waals surface area contributed by atoms with Gasteiger partial charge in [-0.2, -0.15) is 10.7 Å². The molecule has 14 heavy (non-hydrogen) atoms. The number of nitriles is 1. The van der Waals surface area contributed by atoms with Crippen LogP contribution in [-0.4, -0.2) is 11.4 Å². The van der Waals surface area contributed by atoms with Crippen LogP contribution in [0.1, 0.15) is 5.56 Å². The third kappa shape index (κ3) is 4.38. The zero-order chi connectivity index (χ0) is 10.2. The third-order valence-corrected chi connectivity index (χ3v) is 2.11. The average Bonchev–Trinajstić information content (AvgIpc) is 2.25. The van der Waals surface area contributed by atoms with Crippen molar-refractivity contribution in [1.29, 1.82) is 5.26 Å². The number of hydroxylamine groups is 1. The number of nitrogens with one attached hydrogen (secondary N) is 1. The average molecular weight is 255 g/mol. The molecule has 0 radical (unpaired) electrons. The smallest absolute Gasteiger partial charge is 0.116 e. The number of benzene rings is 1. The van der Waals surface area contributed by atoms with Crippen LogP contribution >= 0.6 is 15.9 Å². The van der Waals surface area contributed by atoms with E-state index in [1.165, 1.54) is 0 Å². The van der Waals surface area contributed by atoms with Gasteiger partial charge >= 0.3 is 0 Å². The fourth-order valence-electron chi connectivity index (χ4n) is 0.886. The Hall–Kier alpha value is -0.890. The first kappa shape index (κ1) is 11.2. The molecule has 1 aromatic rings. The van der Waals surface area contributed by atoms with Crippen LogP contribution in [0, 0.1) is 11.3 Å². The molecule has 0 bridgehead atoms. The predicted octanol–water partition coefficient (Wildman–Crippen LogP) is 1.99. The Morgan fingerprint density at radius 2 is 2.14 bits per heavy atom. The van der Waals surface area contributed by atoms with Gasteiger partial charge in [-0.3, -0.25) is 4.84 Å². The fraction of sp³-hybridized carbons (Fsp3) is 0.300. The lowest BCUT2D eigenvalue weighted by Gasteiger charge is -2.05. The van der Waals surface area contributed by atoms with Crippen molar-refractivity contribution in [2.24, 2.45) is 0 Å². The van der Waals surface area contributed by atoms with Crippen LogP contribution in [0.4, 0.5) is 0 Å². The molecule has 1 N–H and O–H groups in total. The second-order valence-electron chi connectivity index (χ2n) is 2.72. The summed E-state index contributed by atoms with van der Waals surface area (Å²) in [6.07, 6.45) is 0. The van der Waals surface area contributed by atoms with Crippen LogP contribution in [0.25, 0.3) is 0 Å². The number of hydrogen-bond donors (Lipinski definition) is 1. The highest BCUT2D eigenvalue weighted by atomic mass is 79.9. The summed E-state index contributed by atoms with van der Waals surface area (Å²) in [4.78, 5) is 4.95. The predicted molar refractivity (Wildman–Crippen MR) is 57.6 cm³/mol. The third-order valence-electron chi connectivity index (χ3n) is 1.59. The molecule has 0 fully saturated rings. The van der Waals surface area contributed by atoms with Crippen LogP contribution in [0.3, 0.4) is 0 Å². The molecular weight excluding hydrogens is 244 g/mol. The van der Waals surface area contributed by atoms with E-state index in [0.717, 1.165) is 5.56 Å². The SMILES string of the molecule is N#CC(Br)CNOCc1ccccc1. The van der Waals surface area contributed by atoms with E-state index in [-0.39, 0.29) is 4.83 Å². The molecule has 74 valence electrons. The first-order valence-corrected chi connectivity index (χ1v) is 5.17. The molecule has 0 amide bonds. The van der Waals surface area contributed by atoms with E-state index in [2.05, 4.69) is 21.4 Å². The zero-order valence-corrected chi connectivity index (χ0v) is 9.20. The number of nitrogens with zero attached hydrogens (tertiary/aromatic N) is 1. The lowest BCUT2D eigenvalue weighted by atomic mass is 10.2. The van der Waals surface area contributed by atoms with Crippen LogP contribution in [0.2, 0.25) is 0 Å². The van der Waals surface area contributed by atoms with Crippen LogP contribution in [0.15, 0.2) is 30.3 Å². The Labute approximate surface area is 91.8 Å². The Balaban J connectivity index is 2.14. The molecule has 1 rings (SSSR count). The van der Waals surface area contributed by atoms with E-state index in [0.29, 0.717) is 13.2 Å². The molecule has 0 aliphatic heterocycles. The van der Waals surface area contributed by atoms with Gasteiger partial charge in [-0.05, 0) is 5.56 Å². The highest BCUT2D eigenvalue weighted by Gasteiger charge is 1.99. The van der Waals surface area contributed by atoms with Crippen LogP contribution < -0.4 is 5.48 Å². The minimum absolute atomic E-state index is 0.210. The Morgan fingerprint density at radius 3 is 2.79 bits per heavy atom. The van der Waals surface area contributed by atoms with Crippen molar-refractivity contribution >= 4 is 15.9 Å². The highest BCUT2D eigenvalue weighted by molar-refractivity contribution is 9.09. The number of rotatable bonds is 5. The molecular formula is C10H11BrN2O. The van der Waals surface area contributed by atoms with E-state index < -0.39 is 0 Å². The first-order valence-electron chi connectivity index (χ1n) is 4.25. The summed E-state index contributed by atoms with van der Waals surface area (Å²) in [5, 5.41) is 8.46. The van der Waals surface area contributed by atoms with Gasteiger partial charge in [0.2, 0.25) is 0 Å². The molecule has 0 aliphatic carbocycles. The molecule has 0 aliphatic rings. The molecule has 1 atom stereocenters. The molecule has 0 saturated carbocycles. The van der Waals surface area contributed by atoms with Crippen molar-refractivity contribution in [2.45, 2.75) is 11.4 Å². The topological polar surface area (TPSA) is 45.0 Å².